The molecule has 0 saturated carbocycles. The lowest BCUT2D eigenvalue weighted by Gasteiger charge is -2.08. The molecular weight excluding hydrogens is 380 g/mol. The summed E-state index contributed by atoms with van der Waals surface area (Å²) in [6, 6.07) is 8.18. The van der Waals surface area contributed by atoms with Crippen molar-refractivity contribution >= 4 is 21.8 Å². The Morgan fingerprint density at radius 2 is 1.75 bits per heavy atom. The molecule has 7 nitrogen and oxygen atoms in total. The molecule has 0 unspecified atom stereocenters. The third-order valence-corrected chi connectivity index (χ3v) is 5.98. The van der Waals surface area contributed by atoms with Crippen molar-refractivity contribution in [2.45, 2.75) is 45.6 Å². The predicted molar refractivity (Wildman–Crippen MR) is 106 cm³/mol. The molecule has 1 aromatic heterocycles. The summed E-state index contributed by atoms with van der Waals surface area (Å²) in [4.78, 5) is 24.3. The molecule has 0 saturated heterocycles. The number of aryl methyl sites for hydroxylation is 2. The third-order valence-electron chi connectivity index (χ3n) is 4.51. The molecule has 1 N–H and O–H groups in total. The van der Waals surface area contributed by atoms with Gasteiger partial charge in [-0.1, -0.05) is 17.7 Å². The maximum absolute atomic E-state index is 12.3. The molecule has 28 heavy (non-hydrogen) atoms. The van der Waals surface area contributed by atoms with Gasteiger partial charge >= 0.3 is 5.97 Å². The van der Waals surface area contributed by atoms with Crippen molar-refractivity contribution in [3.8, 4) is 0 Å². The smallest absolute Gasteiger partial charge is 0.307 e. The molecule has 0 bridgehead atoms. The molecule has 0 radical (unpaired) electrons. The first-order chi connectivity index (χ1) is 13.2. The number of carbonyl (C=O) groups is 2. The van der Waals surface area contributed by atoms with E-state index in [0.717, 1.165) is 23.5 Å². The highest BCUT2D eigenvalue weighted by molar-refractivity contribution is 7.89. The van der Waals surface area contributed by atoms with Gasteiger partial charge in [0.05, 0.1) is 11.3 Å². The average molecular weight is 407 g/mol. The Hall–Kier alpha value is -2.45. The Balaban J connectivity index is 1.83. The summed E-state index contributed by atoms with van der Waals surface area (Å²) in [5.74, 6) is -0.911. The number of hydrogen-bond donors (Lipinski definition) is 1. The van der Waals surface area contributed by atoms with Gasteiger partial charge in [-0.3, -0.25) is 9.59 Å². The molecule has 2 aromatic rings. The predicted octanol–water partition coefficient (Wildman–Crippen LogP) is 2.53. The van der Waals surface area contributed by atoms with E-state index in [4.69, 9.17) is 4.74 Å². The standard InChI is InChI=1S/C20H26N2O5S/c1-5-22-15(3)12-18(16(22)4)19(23)13-27-20(24)10-11-21-28(25,26)17-8-6-14(2)7-9-17/h6-9,12,21H,5,10-11,13H2,1-4H3. The van der Waals surface area contributed by atoms with Crippen LogP contribution in [0.3, 0.4) is 0 Å². The zero-order valence-corrected chi connectivity index (χ0v) is 17.4. The van der Waals surface area contributed by atoms with Gasteiger partial charge in [0.1, 0.15) is 0 Å². The molecule has 1 heterocycles. The summed E-state index contributed by atoms with van der Waals surface area (Å²) >= 11 is 0. The van der Waals surface area contributed by atoms with Crippen molar-refractivity contribution in [2.24, 2.45) is 0 Å². The maximum Gasteiger partial charge on any atom is 0.307 e. The fourth-order valence-corrected chi connectivity index (χ4v) is 3.99. The maximum atomic E-state index is 12.3. The Morgan fingerprint density at radius 3 is 2.32 bits per heavy atom. The molecule has 0 aliphatic heterocycles. The van der Waals surface area contributed by atoms with Crippen LogP contribution in [0.1, 0.15) is 40.7 Å². The monoisotopic (exact) mass is 406 g/mol. The van der Waals surface area contributed by atoms with Crippen molar-refractivity contribution in [3.63, 3.8) is 0 Å². The normalized spacial score (nSPS) is 11.4. The van der Waals surface area contributed by atoms with Gasteiger partial charge < -0.3 is 9.30 Å². The van der Waals surface area contributed by atoms with E-state index < -0.39 is 16.0 Å². The lowest BCUT2D eigenvalue weighted by atomic mass is 10.1. The van der Waals surface area contributed by atoms with Crippen LogP contribution in [-0.2, 0) is 26.1 Å². The van der Waals surface area contributed by atoms with E-state index in [1.165, 1.54) is 12.1 Å². The SMILES string of the molecule is CCn1c(C)cc(C(=O)COC(=O)CCNS(=O)(=O)c2ccc(C)cc2)c1C. The average Bonchev–Trinajstić information content (AvgIpc) is 2.93. The molecule has 0 fully saturated rings. The van der Waals surface area contributed by atoms with Crippen molar-refractivity contribution < 1.29 is 22.7 Å². The second-order valence-corrected chi connectivity index (χ2v) is 8.34. The fraction of sp³-hybridized carbons (Fsp3) is 0.400. The molecular formula is C20H26N2O5S. The van der Waals surface area contributed by atoms with Gasteiger partial charge in [0.15, 0.2) is 6.61 Å². The van der Waals surface area contributed by atoms with Crippen molar-refractivity contribution in [2.75, 3.05) is 13.2 Å². The Labute approximate surface area is 165 Å². The zero-order valence-electron chi connectivity index (χ0n) is 16.6. The van der Waals surface area contributed by atoms with E-state index in [2.05, 4.69) is 4.72 Å². The van der Waals surface area contributed by atoms with Crippen LogP contribution in [0.4, 0.5) is 0 Å². The van der Waals surface area contributed by atoms with Crippen LogP contribution >= 0.6 is 0 Å². The molecule has 0 aliphatic rings. The van der Waals surface area contributed by atoms with Gasteiger partial charge in [-0.2, -0.15) is 0 Å². The summed E-state index contributed by atoms with van der Waals surface area (Å²) in [6.45, 7) is 7.91. The highest BCUT2D eigenvalue weighted by atomic mass is 32.2. The van der Waals surface area contributed by atoms with Gasteiger partial charge in [-0.05, 0) is 45.9 Å². The number of nitrogens with one attached hydrogen (secondary N) is 1. The van der Waals surface area contributed by atoms with Gasteiger partial charge in [0.25, 0.3) is 0 Å². The highest BCUT2D eigenvalue weighted by Gasteiger charge is 2.18. The van der Waals surface area contributed by atoms with E-state index in [1.807, 2.05) is 32.3 Å². The van der Waals surface area contributed by atoms with Crippen LogP contribution in [0, 0.1) is 20.8 Å². The first-order valence-electron chi connectivity index (χ1n) is 9.07. The fourth-order valence-electron chi connectivity index (χ4n) is 2.95. The van der Waals surface area contributed by atoms with Gasteiger partial charge in [0, 0.05) is 30.0 Å². The van der Waals surface area contributed by atoms with Crippen LogP contribution in [0.25, 0.3) is 0 Å². The quantitative estimate of drug-likeness (QED) is 0.510. The number of carbonyl (C=O) groups excluding carboxylic acids is 2. The second kappa shape index (κ2) is 9.16. The first kappa shape index (κ1) is 21.8. The number of nitrogens with zero attached hydrogens (tertiary/aromatic N) is 1. The largest absolute Gasteiger partial charge is 0.457 e. The lowest BCUT2D eigenvalue weighted by molar-refractivity contribution is -0.142. The first-order valence-corrected chi connectivity index (χ1v) is 10.6. The molecule has 152 valence electrons. The molecule has 0 aliphatic carbocycles. The van der Waals surface area contributed by atoms with Crippen LogP contribution in [0.15, 0.2) is 35.2 Å². The lowest BCUT2D eigenvalue weighted by Crippen LogP contribution is -2.27. The van der Waals surface area contributed by atoms with Crippen LogP contribution in [0.5, 0.6) is 0 Å². The van der Waals surface area contributed by atoms with E-state index in [0.29, 0.717) is 5.56 Å². The minimum absolute atomic E-state index is 0.104. The van der Waals surface area contributed by atoms with Gasteiger partial charge in [-0.15, -0.1) is 0 Å². The minimum Gasteiger partial charge on any atom is -0.457 e. The zero-order chi connectivity index (χ0) is 20.9. The van der Waals surface area contributed by atoms with E-state index in [-0.39, 0.29) is 30.3 Å². The molecule has 0 spiro atoms. The van der Waals surface area contributed by atoms with Gasteiger partial charge in [-0.25, -0.2) is 13.1 Å². The molecule has 2 rings (SSSR count). The van der Waals surface area contributed by atoms with E-state index >= 15 is 0 Å². The Bertz CT molecular complexity index is 959. The van der Waals surface area contributed by atoms with Crippen molar-refractivity contribution in [3.05, 3.63) is 52.8 Å². The van der Waals surface area contributed by atoms with E-state index in [9.17, 15) is 18.0 Å². The summed E-state index contributed by atoms with van der Waals surface area (Å²) in [6.07, 6.45) is -0.160. The Kier molecular flexibility index (Phi) is 7.15. The number of benzene rings is 1. The number of aromatic nitrogens is 1. The third kappa shape index (κ3) is 5.30. The number of ketones is 1. The number of Topliss-reactive ketones (excluding diaryl/α,β-unsaturated/α-hetero) is 1. The van der Waals surface area contributed by atoms with Crippen LogP contribution in [0.2, 0.25) is 0 Å². The molecule has 0 amide bonds. The van der Waals surface area contributed by atoms with Crippen molar-refractivity contribution in [1.29, 1.82) is 0 Å². The second-order valence-electron chi connectivity index (χ2n) is 6.57. The number of rotatable bonds is 9. The number of sulfonamides is 1. The van der Waals surface area contributed by atoms with Crippen LogP contribution in [-0.4, -0.2) is 37.9 Å². The molecule has 1 aromatic carbocycles. The van der Waals surface area contributed by atoms with Crippen LogP contribution < -0.4 is 4.72 Å². The topological polar surface area (TPSA) is 94.5 Å². The summed E-state index contributed by atoms with van der Waals surface area (Å²) in [5, 5.41) is 0. The van der Waals surface area contributed by atoms with Crippen molar-refractivity contribution in [1.82, 2.24) is 9.29 Å². The summed E-state index contributed by atoms with van der Waals surface area (Å²) in [5.41, 5.74) is 3.30. The minimum atomic E-state index is -3.69. The molecule has 8 heteroatoms. The summed E-state index contributed by atoms with van der Waals surface area (Å²) < 4.78 is 33.7. The molecule has 0 atom stereocenters. The van der Waals surface area contributed by atoms with E-state index in [1.54, 1.807) is 18.2 Å². The number of hydrogen-bond acceptors (Lipinski definition) is 5. The highest BCUT2D eigenvalue weighted by Crippen LogP contribution is 2.16. The van der Waals surface area contributed by atoms with Gasteiger partial charge in [0.2, 0.25) is 15.8 Å². The number of esters is 1. The Morgan fingerprint density at radius 1 is 1.11 bits per heavy atom. The number of ether oxygens (including phenoxy) is 1. The summed E-state index contributed by atoms with van der Waals surface area (Å²) in [7, 11) is -3.69.